The first-order valence-corrected chi connectivity index (χ1v) is 12.2. The van der Waals surface area contributed by atoms with E-state index in [4.69, 9.17) is 9.88 Å². The number of hydrogen-bond donors (Lipinski definition) is 2. The van der Waals surface area contributed by atoms with E-state index in [-0.39, 0.29) is 11.9 Å². The summed E-state index contributed by atoms with van der Waals surface area (Å²) in [5.41, 5.74) is 3.50. The first kappa shape index (κ1) is 21.3. The van der Waals surface area contributed by atoms with Crippen LogP contribution in [0.15, 0.2) is 42.5 Å². The summed E-state index contributed by atoms with van der Waals surface area (Å²) >= 11 is 0. The van der Waals surface area contributed by atoms with E-state index in [9.17, 15) is 13.5 Å². The third-order valence-corrected chi connectivity index (χ3v) is 6.87. The molecule has 0 aromatic heterocycles. The van der Waals surface area contributed by atoms with Crippen LogP contribution in [0.3, 0.4) is 0 Å². The number of rotatable bonds is 6. The zero-order valence-corrected chi connectivity index (χ0v) is 18.2. The standard InChI is InChI=1S/C23H30N2O4S/c1-17-2-4-18(5-3-17)14-23(26)8-10-25(11-9-23)15-21-13-20-12-19(16-30(24,27)28)6-7-22(20)29-21/h2-7,12,21,26H,8-11,13-16H2,1H3,(H2,24,27,28). The predicted octanol–water partition coefficient (Wildman–Crippen LogP) is 2.16. The minimum atomic E-state index is -3.54. The average Bonchev–Trinajstić information content (AvgIpc) is 3.06. The number of likely N-dealkylation sites (tertiary alicyclic amines) is 1. The summed E-state index contributed by atoms with van der Waals surface area (Å²) in [6, 6.07) is 13.9. The van der Waals surface area contributed by atoms with Gasteiger partial charge >= 0.3 is 0 Å². The molecule has 0 radical (unpaired) electrons. The van der Waals surface area contributed by atoms with E-state index in [1.807, 2.05) is 12.1 Å². The molecule has 2 aliphatic rings. The normalized spacial score (nSPS) is 21.2. The smallest absolute Gasteiger partial charge is 0.213 e. The third-order valence-electron chi connectivity index (χ3n) is 6.14. The van der Waals surface area contributed by atoms with E-state index in [1.165, 1.54) is 11.1 Å². The molecule has 1 atom stereocenters. The van der Waals surface area contributed by atoms with Gasteiger partial charge in [-0.2, -0.15) is 0 Å². The highest BCUT2D eigenvalue weighted by Crippen LogP contribution is 2.32. The lowest BCUT2D eigenvalue weighted by Crippen LogP contribution is -2.48. The van der Waals surface area contributed by atoms with E-state index in [0.29, 0.717) is 12.0 Å². The molecular formula is C23H30N2O4S. The summed E-state index contributed by atoms with van der Waals surface area (Å²) in [6.07, 6.45) is 3.00. The van der Waals surface area contributed by atoms with Gasteiger partial charge in [0, 0.05) is 32.5 Å². The van der Waals surface area contributed by atoms with Crippen molar-refractivity contribution in [2.75, 3.05) is 19.6 Å². The molecule has 0 spiro atoms. The molecule has 162 valence electrons. The van der Waals surface area contributed by atoms with Gasteiger partial charge < -0.3 is 9.84 Å². The third kappa shape index (κ3) is 5.40. The Bertz CT molecular complexity index is 996. The topological polar surface area (TPSA) is 92.9 Å². The summed E-state index contributed by atoms with van der Waals surface area (Å²) in [4.78, 5) is 2.35. The Morgan fingerprint density at radius 3 is 2.47 bits per heavy atom. The first-order chi connectivity index (χ1) is 14.2. The quantitative estimate of drug-likeness (QED) is 0.733. The second kappa shape index (κ2) is 8.30. The molecule has 0 bridgehead atoms. The fourth-order valence-corrected chi connectivity index (χ4v) is 5.14. The van der Waals surface area contributed by atoms with Gasteiger partial charge in [0.15, 0.2) is 0 Å². The molecule has 6 nitrogen and oxygen atoms in total. The summed E-state index contributed by atoms with van der Waals surface area (Å²) < 4.78 is 28.7. The van der Waals surface area contributed by atoms with Gasteiger partial charge in [-0.05, 0) is 42.5 Å². The molecule has 4 rings (SSSR count). The molecule has 2 heterocycles. The number of aliphatic hydroxyl groups is 1. The zero-order valence-electron chi connectivity index (χ0n) is 17.4. The Morgan fingerprint density at radius 2 is 1.80 bits per heavy atom. The van der Waals surface area contributed by atoms with E-state index >= 15 is 0 Å². The molecule has 1 unspecified atom stereocenters. The van der Waals surface area contributed by atoms with E-state index in [0.717, 1.165) is 50.2 Å². The maximum Gasteiger partial charge on any atom is 0.213 e. The zero-order chi connectivity index (χ0) is 21.4. The molecular weight excluding hydrogens is 400 g/mol. The lowest BCUT2D eigenvalue weighted by molar-refractivity contribution is -0.0265. The van der Waals surface area contributed by atoms with E-state index < -0.39 is 15.6 Å². The summed E-state index contributed by atoms with van der Waals surface area (Å²) in [5.74, 6) is 0.669. The van der Waals surface area contributed by atoms with Crippen LogP contribution in [-0.2, 0) is 28.6 Å². The first-order valence-electron chi connectivity index (χ1n) is 10.5. The molecule has 2 aromatic rings. The minimum absolute atomic E-state index is 0.0491. The second-order valence-corrected chi connectivity index (χ2v) is 10.5. The van der Waals surface area contributed by atoms with Crippen LogP contribution in [0, 0.1) is 6.92 Å². The lowest BCUT2D eigenvalue weighted by atomic mass is 9.85. The highest BCUT2D eigenvalue weighted by Gasteiger charge is 2.34. The fourth-order valence-electron chi connectivity index (χ4n) is 4.50. The summed E-state index contributed by atoms with van der Waals surface area (Å²) in [6.45, 7) is 4.56. The number of ether oxygens (including phenoxy) is 1. The van der Waals surface area contributed by atoms with Gasteiger partial charge in [0.1, 0.15) is 11.9 Å². The van der Waals surface area contributed by atoms with Gasteiger partial charge in [-0.25, -0.2) is 13.6 Å². The van der Waals surface area contributed by atoms with Gasteiger partial charge in [-0.15, -0.1) is 0 Å². The molecule has 2 aliphatic heterocycles. The van der Waals surface area contributed by atoms with Gasteiger partial charge in [0.25, 0.3) is 0 Å². The molecule has 0 aliphatic carbocycles. The average molecular weight is 431 g/mol. The lowest BCUT2D eigenvalue weighted by Gasteiger charge is -2.39. The summed E-state index contributed by atoms with van der Waals surface area (Å²) in [7, 11) is -3.54. The molecule has 30 heavy (non-hydrogen) atoms. The highest BCUT2D eigenvalue weighted by atomic mass is 32.2. The van der Waals surface area contributed by atoms with Crippen LogP contribution >= 0.6 is 0 Å². The Morgan fingerprint density at radius 1 is 1.13 bits per heavy atom. The largest absolute Gasteiger partial charge is 0.488 e. The maximum absolute atomic E-state index is 11.3. The number of hydrogen-bond acceptors (Lipinski definition) is 5. The molecule has 7 heteroatoms. The maximum atomic E-state index is 11.3. The second-order valence-electron chi connectivity index (χ2n) is 8.88. The van der Waals surface area contributed by atoms with Crippen molar-refractivity contribution >= 4 is 10.0 Å². The Balaban J connectivity index is 1.29. The molecule has 2 aromatic carbocycles. The van der Waals surface area contributed by atoms with Crippen molar-refractivity contribution in [3.63, 3.8) is 0 Å². The van der Waals surface area contributed by atoms with Crippen molar-refractivity contribution in [2.45, 2.75) is 50.1 Å². The van der Waals surface area contributed by atoms with Gasteiger partial charge in [-0.3, -0.25) is 4.90 Å². The van der Waals surface area contributed by atoms with Crippen molar-refractivity contribution in [3.05, 3.63) is 64.7 Å². The Hall–Kier alpha value is -1.93. The minimum Gasteiger partial charge on any atom is -0.488 e. The van der Waals surface area contributed by atoms with Crippen molar-refractivity contribution in [2.24, 2.45) is 5.14 Å². The van der Waals surface area contributed by atoms with E-state index in [1.54, 1.807) is 6.07 Å². The van der Waals surface area contributed by atoms with Crippen LogP contribution in [0.25, 0.3) is 0 Å². The molecule has 3 N–H and O–H groups in total. The van der Waals surface area contributed by atoms with Crippen molar-refractivity contribution < 1.29 is 18.3 Å². The number of fused-ring (bicyclic) bond motifs is 1. The SMILES string of the molecule is Cc1ccc(CC2(O)CCN(CC3Cc4cc(CS(N)(=O)=O)ccc4O3)CC2)cc1. The van der Waals surface area contributed by atoms with Crippen molar-refractivity contribution in [3.8, 4) is 5.75 Å². The van der Waals surface area contributed by atoms with E-state index in [2.05, 4.69) is 36.1 Å². The van der Waals surface area contributed by atoms with Crippen LogP contribution in [0.5, 0.6) is 5.75 Å². The Labute approximate surface area is 178 Å². The molecule has 1 fully saturated rings. The number of piperidine rings is 1. The number of benzene rings is 2. The fraction of sp³-hybridized carbons (Fsp3) is 0.478. The van der Waals surface area contributed by atoms with Crippen LogP contribution in [0.2, 0.25) is 0 Å². The number of nitrogens with zero attached hydrogens (tertiary/aromatic N) is 1. The monoisotopic (exact) mass is 430 g/mol. The van der Waals surface area contributed by atoms with Gasteiger partial charge in [0.2, 0.25) is 10.0 Å². The number of sulfonamides is 1. The highest BCUT2D eigenvalue weighted by molar-refractivity contribution is 7.88. The van der Waals surface area contributed by atoms with Crippen LogP contribution < -0.4 is 9.88 Å². The molecule has 0 saturated carbocycles. The van der Waals surface area contributed by atoms with Gasteiger partial charge in [-0.1, -0.05) is 42.0 Å². The Kier molecular flexibility index (Phi) is 5.90. The predicted molar refractivity (Wildman–Crippen MR) is 117 cm³/mol. The number of aryl methyl sites for hydroxylation is 1. The van der Waals surface area contributed by atoms with Crippen LogP contribution in [0.4, 0.5) is 0 Å². The number of nitrogens with two attached hydrogens (primary N) is 1. The number of primary sulfonamides is 1. The summed E-state index contributed by atoms with van der Waals surface area (Å²) in [5, 5.41) is 16.2. The van der Waals surface area contributed by atoms with Crippen molar-refractivity contribution in [1.82, 2.24) is 4.90 Å². The van der Waals surface area contributed by atoms with Gasteiger partial charge in [0.05, 0.1) is 11.4 Å². The van der Waals surface area contributed by atoms with Crippen LogP contribution in [-0.4, -0.2) is 49.8 Å². The molecule has 1 saturated heterocycles. The molecule has 0 amide bonds. The van der Waals surface area contributed by atoms with Crippen LogP contribution in [0.1, 0.15) is 35.1 Å². The van der Waals surface area contributed by atoms with Crippen molar-refractivity contribution in [1.29, 1.82) is 0 Å².